The molecule has 0 aromatic heterocycles. The van der Waals surface area contributed by atoms with E-state index in [4.69, 9.17) is 17.0 Å². The predicted octanol–water partition coefficient (Wildman–Crippen LogP) is 12.1. The van der Waals surface area contributed by atoms with Crippen LogP contribution in [0.1, 0.15) is 149 Å². The molecule has 2 atom stereocenters. The first-order valence-corrected chi connectivity index (χ1v) is 20.7. The molecule has 2 aromatic rings. The molecule has 1 saturated carbocycles. The molecule has 8 heteroatoms. The predicted molar refractivity (Wildman–Crippen MR) is 209 cm³/mol. The average Bonchev–Trinajstić information content (AvgIpc) is 3.53. The molecular formula is C40H60O5S3. The van der Waals surface area contributed by atoms with E-state index in [1.807, 2.05) is 18.2 Å². The molecule has 2 N–H and O–H groups in total. The number of rotatable bonds is 21. The van der Waals surface area contributed by atoms with Crippen LogP contribution < -0.4 is 0 Å². The molecule has 0 amide bonds. The Morgan fingerprint density at radius 1 is 0.917 bits per heavy atom. The fraction of sp³-hybridized carbons (Fsp3) is 0.675. The van der Waals surface area contributed by atoms with Crippen molar-refractivity contribution >= 4 is 62.0 Å². The highest BCUT2D eigenvalue weighted by atomic mass is 32.2. The number of thioether (sulfide) groups is 2. The Morgan fingerprint density at radius 3 is 2.15 bits per heavy atom. The second-order valence-electron chi connectivity index (χ2n) is 14.6. The van der Waals surface area contributed by atoms with Crippen LogP contribution in [0.5, 0.6) is 5.75 Å². The summed E-state index contributed by atoms with van der Waals surface area (Å²) in [6, 6.07) is 11.3. The minimum absolute atomic E-state index is 0.184. The number of fused-ring (bicyclic) bond motifs is 1. The second kappa shape index (κ2) is 19.6. The first-order chi connectivity index (χ1) is 22.9. The summed E-state index contributed by atoms with van der Waals surface area (Å²) in [5.41, 5.74) is -2.19. The van der Waals surface area contributed by atoms with E-state index in [1.165, 1.54) is 57.8 Å². The lowest BCUT2D eigenvalue weighted by molar-refractivity contribution is -0.187. The SMILES string of the molecule is CCCCCCCCCCCCSC(=S)SCC(CC(C)(C(=O)OC1(CC)CCCC1)C(C)(C)C(=O)O)c1cccc2cc(O)ccc12. The van der Waals surface area contributed by atoms with Gasteiger partial charge in [0.1, 0.15) is 14.9 Å². The van der Waals surface area contributed by atoms with Gasteiger partial charge in [-0.1, -0.05) is 108 Å². The first kappa shape index (κ1) is 40.7. The molecule has 1 fully saturated rings. The van der Waals surface area contributed by atoms with Crippen LogP contribution in [0.3, 0.4) is 0 Å². The topological polar surface area (TPSA) is 83.8 Å². The smallest absolute Gasteiger partial charge is 0.313 e. The number of esters is 1. The van der Waals surface area contributed by atoms with Gasteiger partial charge in [0.25, 0.3) is 0 Å². The number of hydrogen-bond donors (Lipinski definition) is 2. The van der Waals surface area contributed by atoms with Gasteiger partial charge in [-0.05, 0) is 106 Å². The summed E-state index contributed by atoms with van der Waals surface area (Å²) in [4.78, 5) is 27.1. The molecule has 5 nitrogen and oxygen atoms in total. The standard InChI is InChI=1S/C40H60O5S3/c1-6-8-9-10-11-12-13-14-15-18-26-47-37(46)48-29-31(33-21-19-20-30-27-32(41)22-23-34(30)33)28-39(5,38(3,4)35(42)43)36(44)45-40(7-2)24-16-17-25-40/h19-23,27,31,41H,6-18,24-26,28-29H2,1-5H3,(H,42,43). The van der Waals surface area contributed by atoms with E-state index in [2.05, 4.69) is 19.9 Å². The minimum atomic E-state index is -1.38. The van der Waals surface area contributed by atoms with Crippen LogP contribution in [0.2, 0.25) is 0 Å². The van der Waals surface area contributed by atoms with E-state index in [0.29, 0.717) is 12.2 Å². The number of carbonyl (C=O) groups is 2. The number of aliphatic carboxylic acids is 1. The van der Waals surface area contributed by atoms with E-state index in [0.717, 1.165) is 64.1 Å². The number of carbonyl (C=O) groups excluding carboxylic acids is 1. The highest BCUT2D eigenvalue weighted by Gasteiger charge is 2.56. The lowest BCUT2D eigenvalue weighted by Gasteiger charge is -2.43. The van der Waals surface area contributed by atoms with Crippen LogP contribution in [-0.4, -0.2) is 42.8 Å². The summed E-state index contributed by atoms with van der Waals surface area (Å²) in [5.74, 6) is 0.172. The number of carboxylic acids is 1. The maximum absolute atomic E-state index is 14.3. The van der Waals surface area contributed by atoms with Crippen LogP contribution in [0.4, 0.5) is 0 Å². The summed E-state index contributed by atoms with van der Waals surface area (Å²) in [7, 11) is 0. The summed E-state index contributed by atoms with van der Waals surface area (Å²) in [5, 5.41) is 22.6. The Balaban J connectivity index is 1.76. The molecule has 2 unspecified atom stereocenters. The molecule has 0 radical (unpaired) electrons. The molecule has 0 spiro atoms. The molecule has 0 heterocycles. The van der Waals surface area contributed by atoms with Gasteiger partial charge in [-0.15, -0.1) is 23.5 Å². The number of benzene rings is 2. The van der Waals surface area contributed by atoms with Gasteiger partial charge in [0, 0.05) is 5.75 Å². The molecule has 3 rings (SSSR count). The average molecular weight is 717 g/mol. The quantitative estimate of drug-likeness (QED) is 0.0750. The van der Waals surface area contributed by atoms with Crippen LogP contribution in [0, 0.1) is 10.8 Å². The van der Waals surface area contributed by atoms with Gasteiger partial charge in [0.2, 0.25) is 0 Å². The number of unbranched alkanes of at least 4 members (excludes halogenated alkanes) is 9. The number of thiocarbonyl (C=S) groups is 1. The van der Waals surface area contributed by atoms with Crippen molar-refractivity contribution in [1.82, 2.24) is 0 Å². The van der Waals surface area contributed by atoms with Gasteiger partial charge >= 0.3 is 11.9 Å². The molecule has 2 aromatic carbocycles. The lowest BCUT2D eigenvalue weighted by atomic mass is 9.62. The third-order valence-corrected chi connectivity index (χ3v) is 13.9. The molecule has 48 heavy (non-hydrogen) atoms. The third kappa shape index (κ3) is 11.1. The fourth-order valence-electron chi connectivity index (χ4n) is 7.04. The van der Waals surface area contributed by atoms with E-state index < -0.39 is 28.4 Å². The highest BCUT2D eigenvalue weighted by Crippen LogP contribution is 2.50. The maximum atomic E-state index is 14.3. The zero-order valence-electron chi connectivity index (χ0n) is 30.1. The summed E-state index contributed by atoms with van der Waals surface area (Å²) < 4.78 is 7.25. The number of phenols is 1. The molecule has 0 aliphatic heterocycles. The Kier molecular flexibility index (Phi) is 16.6. The molecule has 268 valence electrons. The minimum Gasteiger partial charge on any atom is -0.508 e. The molecule has 0 saturated heterocycles. The van der Waals surface area contributed by atoms with E-state index in [-0.39, 0.29) is 11.7 Å². The van der Waals surface area contributed by atoms with E-state index in [1.54, 1.807) is 56.4 Å². The number of ether oxygens (including phenoxy) is 1. The first-order valence-electron chi connectivity index (χ1n) is 18.4. The summed E-state index contributed by atoms with van der Waals surface area (Å²) in [6.07, 6.45) is 17.7. The Hall–Kier alpha value is -1.77. The number of phenolic OH excluding ortho intramolecular Hbond substituents is 1. The Labute approximate surface area is 304 Å². The van der Waals surface area contributed by atoms with Crippen molar-refractivity contribution in [3.05, 3.63) is 42.0 Å². The molecule has 1 aliphatic carbocycles. The van der Waals surface area contributed by atoms with Crippen molar-refractivity contribution in [3.63, 3.8) is 0 Å². The Morgan fingerprint density at radius 2 is 1.54 bits per heavy atom. The van der Waals surface area contributed by atoms with Gasteiger partial charge in [0.05, 0.1) is 10.8 Å². The van der Waals surface area contributed by atoms with Gasteiger partial charge < -0.3 is 14.9 Å². The zero-order chi connectivity index (χ0) is 35.2. The van der Waals surface area contributed by atoms with Crippen molar-refractivity contribution in [2.75, 3.05) is 11.5 Å². The van der Waals surface area contributed by atoms with Crippen molar-refractivity contribution in [2.24, 2.45) is 10.8 Å². The van der Waals surface area contributed by atoms with Crippen LogP contribution in [0.15, 0.2) is 36.4 Å². The van der Waals surface area contributed by atoms with Crippen LogP contribution >= 0.6 is 35.7 Å². The number of hydrogen-bond acceptors (Lipinski definition) is 7. The Bertz CT molecular complexity index is 1340. The van der Waals surface area contributed by atoms with Gasteiger partial charge in [-0.3, -0.25) is 9.59 Å². The monoisotopic (exact) mass is 716 g/mol. The number of carboxylic acid groups (broad SMARTS) is 1. The van der Waals surface area contributed by atoms with Crippen LogP contribution in [0.25, 0.3) is 10.8 Å². The van der Waals surface area contributed by atoms with Crippen molar-refractivity contribution in [2.45, 2.75) is 149 Å². The van der Waals surface area contributed by atoms with Crippen molar-refractivity contribution in [3.8, 4) is 5.75 Å². The normalized spacial score (nSPS) is 16.4. The van der Waals surface area contributed by atoms with Crippen molar-refractivity contribution < 1.29 is 24.5 Å². The fourth-order valence-corrected chi connectivity index (χ4v) is 9.44. The van der Waals surface area contributed by atoms with E-state index >= 15 is 0 Å². The van der Waals surface area contributed by atoms with Crippen LogP contribution in [-0.2, 0) is 14.3 Å². The number of aromatic hydroxyl groups is 1. The lowest BCUT2D eigenvalue weighted by Crippen LogP contribution is -2.51. The highest BCUT2D eigenvalue weighted by molar-refractivity contribution is 8.47. The van der Waals surface area contributed by atoms with Gasteiger partial charge in [-0.2, -0.15) is 0 Å². The third-order valence-electron chi connectivity index (χ3n) is 10.9. The van der Waals surface area contributed by atoms with E-state index in [9.17, 15) is 19.8 Å². The van der Waals surface area contributed by atoms with Crippen molar-refractivity contribution in [1.29, 1.82) is 0 Å². The molecular weight excluding hydrogens is 657 g/mol. The molecule has 0 bridgehead atoms. The second-order valence-corrected chi connectivity index (χ2v) is 18.0. The largest absolute Gasteiger partial charge is 0.508 e. The molecule has 1 aliphatic rings. The van der Waals surface area contributed by atoms with Gasteiger partial charge in [0.15, 0.2) is 0 Å². The zero-order valence-corrected chi connectivity index (χ0v) is 32.6. The van der Waals surface area contributed by atoms with Gasteiger partial charge in [-0.25, -0.2) is 0 Å². The summed E-state index contributed by atoms with van der Waals surface area (Å²) >= 11 is 9.20. The maximum Gasteiger partial charge on any atom is 0.313 e. The summed E-state index contributed by atoms with van der Waals surface area (Å²) in [6.45, 7) is 9.41.